The second kappa shape index (κ2) is 7.60. The van der Waals surface area contributed by atoms with Crippen LogP contribution in [0.2, 0.25) is 5.02 Å². The Bertz CT molecular complexity index is 818. The van der Waals surface area contributed by atoms with Gasteiger partial charge >= 0.3 is 0 Å². The first-order valence-electron chi connectivity index (χ1n) is 7.45. The summed E-state index contributed by atoms with van der Waals surface area (Å²) >= 11 is 7.67. The Morgan fingerprint density at radius 1 is 1.08 bits per heavy atom. The summed E-state index contributed by atoms with van der Waals surface area (Å²) < 4.78 is 13.2. The molecule has 0 unspecified atom stereocenters. The molecule has 0 aliphatic heterocycles. The lowest BCUT2D eigenvalue weighted by Gasteiger charge is -2.18. The highest BCUT2D eigenvalue weighted by atomic mass is 35.5. The number of rotatable bonds is 5. The minimum atomic E-state index is -0.305. The highest BCUT2D eigenvalue weighted by molar-refractivity contribution is 7.10. The van der Waals surface area contributed by atoms with Gasteiger partial charge in [0.1, 0.15) is 5.82 Å². The van der Waals surface area contributed by atoms with Crippen LogP contribution in [0.15, 0.2) is 66.0 Å². The smallest absolute Gasteiger partial charge is 0.225 e. The fourth-order valence-electron chi connectivity index (χ4n) is 2.46. The third-order valence-electron chi connectivity index (χ3n) is 3.65. The van der Waals surface area contributed by atoms with E-state index in [1.807, 2.05) is 35.7 Å². The minimum absolute atomic E-state index is 0.133. The number of amides is 1. The zero-order chi connectivity index (χ0) is 16.9. The lowest BCUT2D eigenvalue weighted by molar-refractivity contribution is -0.120. The van der Waals surface area contributed by atoms with Crippen LogP contribution in [-0.2, 0) is 11.2 Å². The molecule has 0 saturated carbocycles. The second-order valence-electron chi connectivity index (χ2n) is 5.34. The van der Waals surface area contributed by atoms with E-state index in [1.54, 1.807) is 29.5 Å². The first-order valence-corrected chi connectivity index (χ1v) is 8.71. The maximum absolute atomic E-state index is 13.2. The molecule has 0 aliphatic rings. The van der Waals surface area contributed by atoms with E-state index < -0.39 is 0 Å². The van der Waals surface area contributed by atoms with Gasteiger partial charge in [0.25, 0.3) is 0 Å². The number of benzene rings is 2. The van der Waals surface area contributed by atoms with Gasteiger partial charge in [-0.25, -0.2) is 4.39 Å². The van der Waals surface area contributed by atoms with Crippen molar-refractivity contribution in [2.45, 2.75) is 12.5 Å². The van der Waals surface area contributed by atoms with E-state index in [4.69, 9.17) is 11.6 Å². The van der Waals surface area contributed by atoms with Gasteiger partial charge in [-0.2, -0.15) is 0 Å². The highest BCUT2D eigenvalue weighted by Crippen LogP contribution is 2.26. The van der Waals surface area contributed by atoms with Gasteiger partial charge in [0.2, 0.25) is 5.91 Å². The van der Waals surface area contributed by atoms with Gasteiger partial charge in [-0.05, 0) is 40.8 Å². The lowest BCUT2D eigenvalue weighted by Crippen LogP contribution is -2.30. The SMILES string of the molecule is O=C(Cc1ccccc1Cl)N[C@H](c1ccc(F)cc1)c1cccs1. The number of hydrogen-bond acceptors (Lipinski definition) is 2. The number of halogens is 2. The van der Waals surface area contributed by atoms with Crippen molar-refractivity contribution < 1.29 is 9.18 Å². The summed E-state index contributed by atoms with van der Waals surface area (Å²) in [6.07, 6.45) is 0.197. The molecular formula is C19H15ClFNOS. The van der Waals surface area contributed by atoms with Crippen LogP contribution in [0, 0.1) is 5.82 Å². The monoisotopic (exact) mass is 359 g/mol. The molecule has 3 rings (SSSR count). The summed E-state index contributed by atoms with van der Waals surface area (Å²) in [7, 11) is 0. The summed E-state index contributed by atoms with van der Waals surface area (Å²) in [6, 6.07) is 17.0. The molecule has 1 N–H and O–H groups in total. The number of thiophene rings is 1. The van der Waals surface area contributed by atoms with Crippen LogP contribution in [0.3, 0.4) is 0 Å². The summed E-state index contributed by atoms with van der Waals surface area (Å²) in [4.78, 5) is 13.5. The van der Waals surface area contributed by atoms with E-state index in [0.29, 0.717) is 5.02 Å². The quantitative estimate of drug-likeness (QED) is 0.683. The van der Waals surface area contributed by atoms with Crippen LogP contribution in [0.1, 0.15) is 22.0 Å². The molecule has 0 saturated heterocycles. The van der Waals surface area contributed by atoms with Crippen LogP contribution in [0.5, 0.6) is 0 Å². The number of nitrogens with one attached hydrogen (secondary N) is 1. The zero-order valence-electron chi connectivity index (χ0n) is 12.7. The fraction of sp³-hybridized carbons (Fsp3) is 0.105. The molecule has 2 aromatic carbocycles. The van der Waals surface area contributed by atoms with Gasteiger partial charge in [-0.3, -0.25) is 4.79 Å². The van der Waals surface area contributed by atoms with Gasteiger partial charge in [-0.1, -0.05) is 48.0 Å². The summed E-state index contributed by atoms with van der Waals surface area (Å²) in [6.45, 7) is 0. The van der Waals surface area contributed by atoms with E-state index in [0.717, 1.165) is 16.0 Å². The van der Waals surface area contributed by atoms with Crippen molar-refractivity contribution in [2.24, 2.45) is 0 Å². The van der Waals surface area contributed by atoms with Crippen LogP contribution in [0.25, 0.3) is 0 Å². The Labute approximate surface area is 148 Å². The molecule has 1 aromatic heterocycles. The Hall–Kier alpha value is -2.17. The van der Waals surface area contributed by atoms with Gasteiger partial charge < -0.3 is 5.32 Å². The van der Waals surface area contributed by atoms with Crippen molar-refractivity contribution in [1.82, 2.24) is 5.32 Å². The van der Waals surface area contributed by atoms with Crippen molar-refractivity contribution in [2.75, 3.05) is 0 Å². The number of carbonyl (C=O) groups excluding carboxylic acids is 1. The summed E-state index contributed by atoms with van der Waals surface area (Å²) in [5.41, 5.74) is 1.62. The zero-order valence-corrected chi connectivity index (χ0v) is 14.3. The maximum Gasteiger partial charge on any atom is 0.225 e. The molecule has 0 spiro atoms. The molecule has 5 heteroatoms. The summed E-state index contributed by atoms with van der Waals surface area (Å²) in [5.74, 6) is -0.433. The minimum Gasteiger partial charge on any atom is -0.344 e. The maximum atomic E-state index is 13.2. The van der Waals surface area contributed by atoms with Crippen LogP contribution < -0.4 is 5.32 Å². The van der Waals surface area contributed by atoms with Gasteiger partial charge in [0.15, 0.2) is 0 Å². The van der Waals surface area contributed by atoms with Crippen molar-refractivity contribution in [3.05, 3.63) is 92.9 Å². The first kappa shape index (κ1) is 16.7. The first-order chi connectivity index (χ1) is 11.6. The van der Waals surface area contributed by atoms with Crippen LogP contribution >= 0.6 is 22.9 Å². The Kier molecular flexibility index (Phi) is 5.28. The van der Waals surface area contributed by atoms with Gasteiger partial charge in [-0.15, -0.1) is 11.3 Å². The topological polar surface area (TPSA) is 29.1 Å². The number of carbonyl (C=O) groups is 1. The van der Waals surface area contributed by atoms with E-state index in [1.165, 1.54) is 12.1 Å². The van der Waals surface area contributed by atoms with Gasteiger partial charge in [0.05, 0.1) is 12.5 Å². The molecule has 0 bridgehead atoms. The molecule has 1 atom stereocenters. The molecular weight excluding hydrogens is 345 g/mol. The molecule has 122 valence electrons. The molecule has 1 amide bonds. The molecule has 0 fully saturated rings. The molecule has 3 aromatic rings. The Morgan fingerprint density at radius 2 is 1.83 bits per heavy atom. The third kappa shape index (κ3) is 4.02. The molecule has 0 radical (unpaired) electrons. The largest absolute Gasteiger partial charge is 0.344 e. The molecule has 1 heterocycles. The second-order valence-corrected chi connectivity index (χ2v) is 6.72. The van der Waals surface area contributed by atoms with Gasteiger partial charge in [0, 0.05) is 9.90 Å². The van der Waals surface area contributed by atoms with E-state index in [9.17, 15) is 9.18 Å². The van der Waals surface area contributed by atoms with Crippen molar-refractivity contribution in [1.29, 1.82) is 0 Å². The van der Waals surface area contributed by atoms with E-state index in [-0.39, 0.29) is 24.2 Å². The van der Waals surface area contributed by atoms with Crippen molar-refractivity contribution in [3.63, 3.8) is 0 Å². The summed E-state index contributed by atoms with van der Waals surface area (Å²) in [5, 5.41) is 5.54. The normalized spacial score (nSPS) is 11.9. The molecule has 2 nitrogen and oxygen atoms in total. The average molecular weight is 360 g/mol. The van der Waals surface area contributed by atoms with Crippen molar-refractivity contribution in [3.8, 4) is 0 Å². The van der Waals surface area contributed by atoms with E-state index in [2.05, 4.69) is 5.32 Å². The van der Waals surface area contributed by atoms with E-state index >= 15 is 0 Å². The standard InChI is InChI=1S/C19H15ClFNOS/c20-16-5-2-1-4-14(16)12-18(23)22-19(17-6-3-11-24-17)13-7-9-15(21)10-8-13/h1-11,19H,12H2,(H,22,23)/t19-/m1/s1. The third-order valence-corrected chi connectivity index (χ3v) is 4.95. The van der Waals surface area contributed by atoms with Crippen molar-refractivity contribution >= 4 is 28.8 Å². The Morgan fingerprint density at radius 3 is 2.50 bits per heavy atom. The average Bonchev–Trinajstić information content (AvgIpc) is 3.10. The number of hydrogen-bond donors (Lipinski definition) is 1. The molecule has 0 aliphatic carbocycles. The molecule has 24 heavy (non-hydrogen) atoms. The predicted molar refractivity (Wildman–Crippen MR) is 95.9 cm³/mol. The Balaban J connectivity index is 1.81. The van der Waals surface area contributed by atoms with Crippen LogP contribution in [0.4, 0.5) is 4.39 Å². The predicted octanol–water partition coefficient (Wildman–Crippen LogP) is 4.99. The van der Waals surface area contributed by atoms with Crippen LogP contribution in [-0.4, -0.2) is 5.91 Å². The fourth-order valence-corrected chi connectivity index (χ4v) is 3.46. The highest BCUT2D eigenvalue weighted by Gasteiger charge is 2.18. The lowest BCUT2D eigenvalue weighted by atomic mass is 10.0.